The topological polar surface area (TPSA) is 80.8 Å². The summed E-state index contributed by atoms with van der Waals surface area (Å²) in [5, 5.41) is 3.42. The summed E-state index contributed by atoms with van der Waals surface area (Å²) in [7, 11) is 3.17. The first kappa shape index (κ1) is 23.7. The molecule has 0 radical (unpaired) electrons. The molecule has 0 aliphatic carbocycles. The number of thiazole rings is 1. The van der Waals surface area contributed by atoms with E-state index in [2.05, 4.69) is 10.3 Å². The van der Waals surface area contributed by atoms with Crippen molar-refractivity contribution in [2.75, 3.05) is 24.4 Å². The molecule has 0 bridgehead atoms. The SMILES string of the molecule is COc1ccc(N2C(=O)CC[C@H](C(=O)Nc3nc4ccc(OC)cc4s3)[C@@H]2c2ccc(F)cc2)cc1. The smallest absolute Gasteiger partial charge is 0.231 e. The summed E-state index contributed by atoms with van der Waals surface area (Å²) in [4.78, 5) is 32.9. The molecule has 1 fully saturated rings. The number of piperidine rings is 1. The van der Waals surface area contributed by atoms with E-state index in [9.17, 15) is 14.0 Å². The number of ether oxygens (including phenoxy) is 2. The molecule has 4 aromatic rings. The monoisotopic (exact) mass is 505 g/mol. The van der Waals surface area contributed by atoms with E-state index in [0.717, 1.165) is 10.2 Å². The summed E-state index contributed by atoms with van der Waals surface area (Å²) in [6, 6.07) is 18.0. The van der Waals surface area contributed by atoms with Gasteiger partial charge >= 0.3 is 0 Å². The van der Waals surface area contributed by atoms with Crippen molar-refractivity contribution >= 4 is 44.2 Å². The molecule has 5 rings (SSSR count). The van der Waals surface area contributed by atoms with Gasteiger partial charge in [-0.15, -0.1) is 0 Å². The molecule has 2 atom stereocenters. The fraction of sp³-hybridized carbons (Fsp3) is 0.222. The second kappa shape index (κ2) is 9.94. The molecule has 2 amide bonds. The molecule has 1 aliphatic rings. The number of hydrogen-bond donors (Lipinski definition) is 1. The lowest BCUT2D eigenvalue weighted by Crippen LogP contribution is -2.47. The minimum Gasteiger partial charge on any atom is -0.497 e. The van der Waals surface area contributed by atoms with E-state index in [0.29, 0.717) is 34.3 Å². The molecule has 1 aromatic heterocycles. The van der Waals surface area contributed by atoms with Crippen molar-refractivity contribution in [3.05, 3.63) is 78.1 Å². The Labute approximate surface area is 211 Å². The molecule has 0 spiro atoms. The van der Waals surface area contributed by atoms with Crippen LogP contribution in [0.2, 0.25) is 0 Å². The van der Waals surface area contributed by atoms with Gasteiger partial charge in [-0.3, -0.25) is 9.59 Å². The molecule has 1 saturated heterocycles. The summed E-state index contributed by atoms with van der Waals surface area (Å²) in [6.07, 6.45) is 0.566. The lowest BCUT2D eigenvalue weighted by atomic mass is 9.83. The Morgan fingerprint density at radius 2 is 1.72 bits per heavy atom. The van der Waals surface area contributed by atoms with Crippen molar-refractivity contribution in [1.82, 2.24) is 4.98 Å². The first-order valence-corrected chi connectivity index (χ1v) is 12.3. The predicted octanol–water partition coefficient (Wildman–Crippen LogP) is 5.58. The third-order valence-electron chi connectivity index (χ3n) is 6.32. The van der Waals surface area contributed by atoms with Crippen LogP contribution in [-0.4, -0.2) is 31.0 Å². The van der Waals surface area contributed by atoms with Crippen LogP contribution < -0.4 is 19.7 Å². The summed E-state index contributed by atoms with van der Waals surface area (Å²) in [5.74, 6) is 0.0520. The number of hydrogen-bond acceptors (Lipinski definition) is 6. The van der Waals surface area contributed by atoms with Gasteiger partial charge in [-0.25, -0.2) is 9.37 Å². The Kier molecular flexibility index (Phi) is 6.56. The van der Waals surface area contributed by atoms with Crippen molar-refractivity contribution in [3.63, 3.8) is 0 Å². The summed E-state index contributed by atoms with van der Waals surface area (Å²) < 4.78 is 25.2. The van der Waals surface area contributed by atoms with E-state index in [1.165, 1.54) is 23.5 Å². The molecule has 184 valence electrons. The van der Waals surface area contributed by atoms with Crippen LogP contribution in [0, 0.1) is 11.7 Å². The van der Waals surface area contributed by atoms with Gasteiger partial charge in [-0.2, -0.15) is 0 Å². The van der Waals surface area contributed by atoms with E-state index in [4.69, 9.17) is 9.47 Å². The molecule has 9 heteroatoms. The molecular formula is C27H24FN3O4S. The Bertz CT molecular complexity index is 1410. The minimum absolute atomic E-state index is 0.106. The van der Waals surface area contributed by atoms with Crippen LogP contribution in [0.25, 0.3) is 10.2 Å². The number of methoxy groups -OCH3 is 2. The maximum absolute atomic E-state index is 13.7. The molecule has 7 nitrogen and oxygen atoms in total. The quantitative estimate of drug-likeness (QED) is 0.370. The zero-order chi connectivity index (χ0) is 25.2. The number of rotatable bonds is 6. The highest BCUT2D eigenvalue weighted by Gasteiger charge is 2.41. The standard InChI is InChI=1S/C27H24FN3O4S/c1-34-19-9-7-18(8-10-19)31-24(32)14-12-21(25(31)16-3-5-17(28)6-4-16)26(33)30-27-29-22-13-11-20(35-2)15-23(22)36-27/h3-11,13,15,21,25H,12,14H2,1-2H3,(H,29,30,33)/t21-,25-/m0/s1. The van der Waals surface area contributed by atoms with Crippen LogP contribution in [0.1, 0.15) is 24.4 Å². The number of fused-ring (bicyclic) bond motifs is 1. The van der Waals surface area contributed by atoms with Crippen molar-refractivity contribution in [2.45, 2.75) is 18.9 Å². The summed E-state index contributed by atoms with van der Waals surface area (Å²) in [6.45, 7) is 0. The number of halogens is 1. The molecule has 3 aromatic carbocycles. The average Bonchev–Trinajstić information content (AvgIpc) is 3.30. The zero-order valence-electron chi connectivity index (χ0n) is 19.7. The van der Waals surface area contributed by atoms with Crippen LogP contribution in [0.3, 0.4) is 0 Å². The molecule has 0 saturated carbocycles. The normalized spacial score (nSPS) is 17.8. The van der Waals surface area contributed by atoms with Crippen molar-refractivity contribution in [3.8, 4) is 11.5 Å². The maximum Gasteiger partial charge on any atom is 0.231 e. The molecule has 0 unspecified atom stereocenters. The van der Waals surface area contributed by atoms with Gasteiger partial charge in [-0.1, -0.05) is 23.5 Å². The predicted molar refractivity (Wildman–Crippen MR) is 137 cm³/mol. The third kappa shape index (κ3) is 4.61. The lowest BCUT2D eigenvalue weighted by Gasteiger charge is -2.40. The van der Waals surface area contributed by atoms with Gasteiger partial charge < -0.3 is 19.7 Å². The largest absolute Gasteiger partial charge is 0.497 e. The highest BCUT2D eigenvalue weighted by Crippen LogP contribution is 2.41. The second-order valence-electron chi connectivity index (χ2n) is 8.45. The van der Waals surface area contributed by atoms with E-state index in [1.807, 2.05) is 18.2 Å². The average molecular weight is 506 g/mol. The molecule has 1 N–H and O–H groups in total. The van der Waals surface area contributed by atoms with Gasteiger partial charge in [0.1, 0.15) is 17.3 Å². The Morgan fingerprint density at radius 3 is 2.42 bits per heavy atom. The van der Waals surface area contributed by atoms with Crippen molar-refractivity contribution < 1.29 is 23.5 Å². The Hall–Kier alpha value is -3.98. The van der Waals surface area contributed by atoms with Gasteiger partial charge in [0.05, 0.1) is 36.4 Å². The molecule has 36 heavy (non-hydrogen) atoms. The number of nitrogens with zero attached hydrogens (tertiary/aromatic N) is 2. The second-order valence-corrected chi connectivity index (χ2v) is 9.48. The lowest BCUT2D eigenvalue weighted by molar-refractivity contribution is -0.125. The van der Waals surface area contributed by atoms with Crippen LogP contribution in [0.5, 0.6) is 11.5 Å². The number of benzene rings is 3. The highest BCUT2D eigenvalue weighted by atomic mass is 32.1. The fourth-order valence-corrected chi connectivity index (χ4v) is 5.44. The maximum atomic E-state index is 13.7. The van der Waals surface area contributed by atoms with Crippen LogP contribution >= 0.6 is 11.3 Å². The fourth-order valence-electron chi connectivity index (χ4n) is 4.54. The van der Waals surface area contributed by atoms with E-state index >= 15 is 0 Å². The number of amides is 2. The highest BCUT2D eigenvalue weighted by molar-refractivity contribution is 7.22. The third-order valence-corrected chi connectivity index (χ3v) is 7.26. The number of aromatic nitrogens is 1. The van der Waals surface area contributed by atoms with Gasteiger partial charge in [0.25, 0.3) is 0 Å². The van der Waals surface area contributed by atoms with Gasteiger partial charge in [0.15, 0.2) is 5.13 Å². The first-order chi connectivity index (χ1) is 17.5. The number of carbonyl (C=O) groups is 2. The van der Waals surface area contributed by atoms with Crippen molar-refractivity contribution in [2.24, 2.45) is 5.92 Å². The number of nitrogens with one attached hydrogen (secondary N) is 1. The Morgan fingerprint density at radius 1 is 1.03 bits per heavy atom. The first-order valence-electron chi connectivity index (χ1n) is 11.4. The van der Waals surface area contributed by atoms with E-state index < -0.39 is 12.0 Å². The molecular weight excluding hydrogens is 481 g/mol. The van der Waals surface area contributed by atoms with Gasteiger partial charge in [-0.05, 0) is 66.6 Å². The van der Waals surface area contributed by atoms with Crippen molar-refractivity contribution in [1.29, 1.82) is 0 Å². The summed E-state index contributed by atoms with van der Waals surface area (Å²) in [5.41, 5.74) is 2.07. The van der Waals surface area contributed by atoms with Crippen LogP contribution in [0.15, 0.2) is 66.7 Å². The number of carbonyl (C=O) groups excluding carboxylic acids is 2. The number of anilines is 2. The Balaban J connectivity index is 1.49. The van der Waals surface area contributed by atoms with Crippen LogP contribution in [-0.2, 0) is 9.59 Å². The minimum atomic E-state index is -0.616. The summed E-state index contributed by atoms with van der Waals surface area (Å²) >= 11 is 1.35. The van der Waals surface area contributed by atoms with E-state index in [1.54, 1.807) is 55.5 Å². The van der Waals surface area contributed by atoms with Gasteiger partial charge in [0.2, 0.25) is 11.8 Å². The van der Waals surface area contributed by atoms with Crippen LogP contribution in [0.4, 0.5) is 15.2 Å². The zero-order valence-corrected chi connectivity index (χ0v) is 20.5. The molecule has 1 aliphatic heterocycles. The van der Waals surface area contributed by atoms with Gasteiger partial charge in [0, 0.05) is 12.1 Å². The van der Waals surface area contributed by atoms with E-state index in [-0.39, 0.29) is 24.1 Å². The molecule has 2 heterocycles.